The second-order valence-corrected chi connectivity index (χ2v) is 4.30. The Hall–Kier alpha value is -1.84. The number of benzene rings is 2. The van der Waals surface area contributed by atoms with E-state index in [1.807, 2.05) is 25.1 Å². The number of hydrogen-bond donors (Lipinski definition) is 2. The minimum absolute atomic E-state index is 0.606. The average molecular weight is 258 g/mol. The molecule has 0 bridgehead atoms. The highest BCUT2D eigenvalue weighted by atomic mass is 16.5. The molecule has 0 heterocycles. The van der Waals surface area contributed by atoms with Crippen molar-refractivity contribution in [3.05, 3.63) is 65.7 Å². The summed E-state index contributed by atoms with van der Waals surface area (Å²) in [5.41, 5.74) is 1.36. The zero-order valence-corrected chi connectivity index (χ0v) is 10.9. The quantitative estimate of drug-likeness (QED) is 0.867. The van der Waals surface area contributed by atoms with E-state index in [2.05, 4.69) is 0 Å². The number of rotatable bonds is 5. The molecular weight excluding hydrogens is 240 g/mol. The predicted molar refractivity (Wildman–Crippen MR) is 74.0 cm³/mol. The lowest BCUT2D eigenvalue weighted by atomic mass is 9.98. The third kappa shape index (κ3) is 3.34. The third-order valence-corrected chi connectivity index (χ3v) is 2.97. The third-order valence-electron chi connectivity index (χ3n) is 2.97. The van der Waals surface area contributed by atoms with Gasteiger partial charge in [-0.15, -0.1) is 0 Å². The van der Waals surface area contributed by atoms with Crippen molar-refractivity contribution in [1.29, 1.82) is 0 Å². The van der Waals surface area contributed by atoms with E-state index in [4.69, 9.17) is 4.74 Å². The Morgan fingerprint density at radius 2 is 1.37 bits per heavy atom. The van der Waals surface area contributed by atoms with Crippen molar-refractivity contribution >= 4 is 0 Å². The van der Waals surface area contributed by atoms with Crippen LogP contribution in [0.4, 0.5) is 0 Å². The van der Waals surface area contributed by atoms with Crippen molar-refractivity contribution < 1.29 is 14.9 Å². The number of aliphatic hydroxyl groups is 2. The molecule has 0 aliphatic carbocycles. The van der Waals surface area contributed by atoms with Crippen molar-refractivity contribution in [2.24, 2.45) is 0 Å². The van der Waals surface area contributed by atoms with Gasteiger partial charge in [0.05, 0.1) is 6.61 Å². The molecule has 3 nitrogen and oxygen atoms in total. The van der Waals surface area contributed by atoms with E-state index in [-0.39, 0.29) is 0 Å². The molecule has 0 radical (unpaired) electrons. The Morgan fingerprint density at radius 3 is 1.89 bits per heavy atom. The summed E-state index contributed by atoms with van der Waals surface area (Å²) in [6.07, 6.45) is -1.88. The first-order valence-electron chi connectivity index (χ1n) is 6.36. The van der Waals surface area contributed by atoms with E-state index < -0.39 is 12.2 Å². The molecule has 0 fully saturated rings. The summed E-state index contributed by atoms with van der Waals surface area (Å²) in [4.78, 5) is 0. The molecule has 0 spiro atoms. The number of ether oxygens (including phenoxy) is 1. The molecule has 2 N–H and O–H groups in total. The SMILES string of the molecule is CCOc1ccc(C(O)C(O)c2ccccc2)cc1. The maximum absolute atomic E-state index is 10.2. The van der Waals surface area contributed by atoms with E-state index in [0.29, 0.717) is 17.7 Å². The van der Waals surface area contributed by atoms with E-state index in [9.17, 15) is 10.2 Å². The molecule has 2 rings (SSSR count). The molecule has 0 aliphatic rings. The van der Waals surface area contributed by atoms with Gasteiger partial charge in [0, 0.05) is 0 Å². The molecule has 0 amide bonds. The summed E-state index contributed by atoms with van der Waals surface area (Å²) in [6.45, 7) is 2.52. The van der Waals surface area contributed by atoms with Crippen LogP contribution in [0.15, 0.2) is 54.6 Å². The van der Waals surface area contributed by atoms with Crippen molar-refractivity contribution in [3.8, 4) is 5.75 Å². The number of hydrogen-bond acceptors (Lipinski definition) is 3. The molecular formula is C16H18O3. The summed E-state index contributed by atoms with van der Waals surface area (Å²) in [5, 5.41) is 20.3. The van der Waals surface area contributed by atoms with Gasteiger partial charge in [-0.2, -0.15) is 0 Å². The Kier molecular flexibility index (Phi) is 4.55. The van der Waals surface area contributed by atoms with Gasteiger partial charge < -0.3 is 14.9 Å². The monoisotopic (exact) mass is 258 g/mol. The first-order chi connectivity index (χ1) is 9.22. The maximum atomic E-state index is 10.2. The van der Waals surface area contributed by atoms with Crippen LogP contribution in [0.2, 0.25) is 0 Å². The normalized spacial score (nSPS) is 13.8. The molecule has 3 heteroatoms. The molecule has 19 heavy (non-hydrogen) atoms. The lowest BCUT2D eigenvalue weighted by Gasteiger charge is -2.18. The van der Waals surface area contributed by atoms with Gasteiger partial charge in [-0.1, -0.05) is 42.5 Å². The van der Waals surface area contributed by atoms with Crippen LogP contribution in [0.25, 0.3) is 0 Å². The van der Waals surface area contributed by atoms with Crippen LogP contribution in [-0.2, 0) is 0 Å². The highest BCUT2D eigenvalue weighted by molar-refractivity contribution is 5.30. The van der Waals surface area contributed by atoms with Gasteiger partial charge in [0.2, 0.25) is 0 Å². The van der Waals surface area contributed by atoms with Gasteiger partial charge in [-0.25, -0.2) is 0 Å². The zero-order chi connectivity index (χ0) is 13.7. The smallest absolute Gasteiger partial charge is 0.119 e. The van der Waals surface area contributed by atoms with Crippen molar-refractivity contribution in [3.63, 3.8) is 0 Å². The molecule has 2 atom stereocenters. The highest BCUT2D eigenvalue weighted by Crippen LogP contribution is 2.29. The first-order valence-corrected chi connectivity index (χ1v) is 6.36. The van der Waals surface area contributed by atoms with E-state index >= 15 is 0 Å². The van der Waals surface area contributed by atoms with Crippen LogP contribution >= 0.6 is 0 Å². The molecule has 0 aromatic heterocycles. The fourth-order valence-electron chi connectivity index (χ4n) is 1.94. The summed E-state index contributed by atoms with van der Waals surface area (Å²) in [5.74, 6) is 0.757. The van der Waals surface area contributed by atoms with Crippen molar-refractivity contribution in [2.75, 3.05) is 6.61 Å². The van der Waals surface area contributed by atoms with Crippen LogP contribution in [0, 0.1) is 0 Å². The second kappa shape index (κ2) is 6.36. The van der Waals surface area contributed by atoms with Gasteiger partial charge in [0.15, 0.2) is 0 Å². The minimum atomic E-state index is -0.946. The van der Waals surface area contributed by atoms with Crippen LogP contribution in [-0.4, -0.2) is 16.8 Å². The number of aliphatic hydroxyl groups excluding tert-OH is 2. The van der Waals surface area contributed by atoms with E-state index in [1.54, 1.807) is 36.4 Å². The standard InChI is InChI=1S/C16H18O3/c1-2-19-14-10-8-13(9-11-14)16(18)15(17)12-6-4-3-5-7-12/h3-11,15-18H,2H2,1H3. The summed E-state index contributed by atoms with van der Waals surface area (Å²) in [6, 6.07) is 16.3. The predicted octanol–water partition coefficient (Wildman–Crippen LogP) is 2.85. The zero-order valence-electron chi connectivity index (χ0n) is 10.9. The molecule has 2 unspecified atom stereocenters. The summed E-state index contributed by atoms with van der Waals surface area (Å²) < 4.78 is 5.34. The Balaban J connectivity index is 2.12. The van der Waals surface area contributed by atoms with Gasteiger partial charge in [0.1, 0.15) is 18.0 Å². The molecule has 0 saturated heterocycles. The Bertz CT molecular complexity index is 493. The molecule has 0 aliphatic heterocycles. The molecule has 0 saturated carbocycles. The molecule has 2 aromatic carbocycles. The van der Waals surface area contributed by atoms with Gasteiger partial charge >= 0.3 is 0 Å². The summed E-state index contributed by atoms with van der Waals surface area (Å²) >= 11 is 0. The van der Waals surface area contributed by atoms with E-state index in [1.165, 1.54) is 0 Å². The topological polar surface area (TPSA) is 49.7 Å². The van der Waals surface area contributed by atoms with Crippen molar-refractivity contribution in [1.82, 2.24) is 0 Å². The summed E-state index contributed by atoms with van der Waals surface area (Å²) in [7, 11) is 0. The van der Waals surface area contributed by atoms with Crippen LogP contribution in [0.5, 0.6) is 5.75 Å². The lowest BCUT2D eigenvalue weighted by molar-refractivity contribution is 0.0172. The Morgan fingerprint density at radius 1 is 0.842 bits per heavy atom. The lowest BCUT2D eigenvalue weighted by Crippen LogP contribution is -2.10. The van der Waals surface area contributed by atoms with Crippen LogP contribution < -0.4 is 4.74 Å². The van der Waals surface area contributed by atoms with Gasteiger partial charge in [-0.3, -0.25) is 0 Å². The highest BCUT2D eigenvalue weighted by Gasteiger charge is 2.19. The second-order valence-electron chi connectivity index (χ2n) is 4.30. The van der Waals surface area contributed by atoms with Crippen molar-refractivity contribution in [2.45, 2.75) is 19.1 Å². The molecule has 2 aromatic rings. The molecule has 100 valence electrons. The van der Waals surface area contributed by atoms with E-state index in [0.717, 1.165) is 5.75 Å². The van der Waals surface area contributed by atoms with Crippen LogP contribution in [0.1, 0.15) is 30.3 Å². The van der Waals surface area contributed by atoms with Gasteiger partial charge in [-0.05, 0) is 30.2 Å². The Labute approximate surface area is 113 Å². The van der Waals surface area contributed by atoms with Crippen LogP contribution in [0.3, 0.4) is 0 Å². The average Bonchev–Trinajstić information content (AvgIpc) is 2.48. The minimum Gasteiger partial charge on any atom is -0.494 e. The maximum Gasteiger partial charge on any atom is 0.119 e. The van der Waals surface area contributed by atoms with Gasteiger partial charge in [0.25, 0.3) is 0 Å². The fourth-order valence-corrected chi connectivity index (χ4v) is 1.94. The largest absolute Gasteiger partial charge is 0.494 e. The first kappa shape index (κ1) is 13.6. The fraction of sp³-hybridized carbons (Fsp3) is 0.250.